The Morgan fingerprint density at radius 3 is 2.30 bits per heavy atom. The van der Waals surface area contributed by atoms with Crippen LogP contribution < -0.4 is 10.2 Å². The zero-order valence-electron chi connectivity index (χ0n) is 16.6. The van der Waals surface area contributed by atoms with Crippen molar-refractivity contribution in [2.75, 3.05) is 56.0 Å². The number of fused-ring (bicyclic) bond motifs is 1. The molecule has 2 aliphatic heterocycles. The number of nitrogens with zero attached hydrogens (tertiary/aromatic N) is 3. The number of nitrogens with one attached hydrogen (secondary N) is 1. The number of carbonyl (C=O) groups excluding carboxylic acids is 2. The molecule has 30 heavy (non-hydrogen) atoms. The molecule has 0 unspecified atom stereocenters. The van der Waals surface area contributed by atoms with Gasteiger partial charge in [-0.25, -0.2) is 0 Å². The maximum Gasteiger partial charge on any atom is 0.241 e. The van der Waals surface area contributed by atoms with E-state index in [2.05, 4.69) is 21.2 Å². The van der Waals surface area contributed by atoms with Crippen molar-refractivity contribution in [3.05, 3.63) is 58.1 Å². The maximum absolute atomic E-state index is 12.8. The quantitative estimate of drug-likeness (QED) is 0.766. The van der Waals surface area contributed by atoms with Crippen molar-refractivity contribution in [3.8, 4) is 0 Å². The lowest BCUT2D eigenvalue weighted by atomic mass is 10.2. The van der Waals surface area contributed by atoms with E-state index in [9.17, 15) is 9.59 Å². The number of hydrogen-bond acceptors (Lipinski definition) is 4. The molecule has 0 radical (unpaired) electrons. The molecule has 2 heterocycles. The van der Waals surface area contributed by atoms with Crippen LogP contribution in [0.15, 0.2) is 42.5 Å². The van der Waals surface area contributed by atoms with Crippen LogP contribution in [0, 0.1) is 0 Å². The van der Waals surface area contributed by atoms with Gasteiger partial charge in [-0.15, -0.1) is 0 Å². The highest BCUT2D eigenvalue weighted by Crippen LogP contribution is 2.27. The lowest BCUT2D eigenvalue weighted by Crippen LogP contribution is -2.51. The van der Waals surface area contributed by atoms with Crippen LogP contribution in [0.2, 0.25) is 10.0 Å². The topological polar surface area (TPSA) is 55.9 Å². The minimum Gasteiger partial charge on any atom is -0.325 e. The van der Waals surface area contributed by atoms with Gasteiger partial charge in [-0.1, -0.05) is 41.4 Å². The molecule has 0 saturated carbocycles. The van der Waals surface area contributed by atoms with Crippen molar-refractivity contribution in [3.63, 3.8) is 0 Å². The van der Waals surface area contributed by atoms with Crippen LogP contribution in [-0.2, 0) is 16.0 Å². The molecule has 6 nitrogen and oxygen atoms in total. The van der Waals surface area contributed by atoms with Gasteiger partial charge in [0.15, 0.2) is 0 Å². The van der Waals surface area contributed by atoms with E-state index < -0.39 is 0 Å². The predicted octanol–water partition coefficient (Wildman–Crippen LogP) is 3.14. The molecule has 0 spiro atoms. The summed E-state index contributed by atoms with van der Waals surface area (Å²) in [6.07, 6.45) is 0.920. The number of hydrogen-bond donors (Lipinski definition) is 1. The summed E-state index contributed by atoms with van der Waals surface area (Å²) in [5, 5.41) is 3.72. The minimum atomic E-state index is -0.0911. The van der Waals surface area contributed by atoms with Gasteiger partial charge < -0.3 is 10.2 Å². The second-order valence-corrected chi connectivity index (χ2v) is 8.47. The van der Waals surface area contributed by atoms with E-state index >= 15 is 0 Å². The normalized spacial score (nSPS) is 17.1. The van der Waals surface area contributed by atoms with Crippen LogP contribution in [0.3, 0.4) is 0 Å². The first-order chi connectivity index (χ1) is 14.5. The number of rotatable bonds is 5. The average Bonchev–Trinajstić information content (AvgIpc) is 3.16. The zero-order chi connectivity index (χ0) is 21.1. The van der Waals surface area contributed by atoms with Crippen molar-refractivity contribution < 1.29 is 9.59 Å². The van der Waals surface area contributed by atoms with Crippen molar-refractivity contribution in [1.82, 2.24) is 9.80 Å². The average molecular weight is 447 g/mol. The second-order valence-electron chi connectivity index (χ2n) is 7.65. The number of piperazine rings is 1. The van der Waals surface area contributed by atoms with Crippen LogP contribution in [0.1, 0.15) is 5.56 Å². The highest BCUT2D eigenvalue weighted by atomic mass is 35.5. The fourth-order valence-electron chi connectivity index (χ4n) is 3.96. The van der Waals surface area contributed by atoms with Gasteiger partial charge in [0.05, 0.1) is 23.1 Å². The van der Waals surface area contributed by atoms with Crippen molar-refractivity contribution in [2.45, 2.75) is 6.42 Å². The lowest BCUT2D eigenvalue weighted by Gasteiger charge is -2.34. The SMILES string of the molecule is O=C(CN1CCN(CC(=O)N2CCc3ccccc32)CC1)Nc1ccc(Cl)c(Cl)c1. The van der Waals surface area contributed by atoms with Gasteiger partial charge >= 0.3 is 0 Å². The maximum atomic E-state index is 12.8. The van der Waals surface area contributed by atoms with Crippen molar-refractivity contribution >= 4 is 46.4 Å². The zero-order valence-corrected chi connectivity index (χ0v) is 18.1. The smallest absolute Gasteiger partial charge is 0.241 e. The molecule has 8 heteroatoms. The summed E-state index contributed by atoms with van der Waals surface area (Å²) in [6, 6.07) is 13.1. The van der Waals surface area contributed by atoms with Crippen LogP contribution >= 0.6 is 23.2 Å². The minimum absolute atomic E-state index is 0.0911. The fraction of sp³-hybridized carbons (Fsp3) is 0.364. The molecule has 0 aromatic heterocycles. The number of halogens is 2. The molecule has 2 aromatic carbocycles. The van der Waals surface area contributed by atoms with E-state index in [1.165, 1.54) is 5.56 Å². The Morgan fingerprint density at radius 1 is 0.867 bits per heavy atom. The van der Waals surface area contributed by atoms with Crippen molar-refractivity contribution in [1.29, 1.82) is 0 Å². The number of para-hydroxylation sites is 1. The van der Waals surface area contributed by atoms with Gasteiger partial charge in [0.1, 0.15) is 0 Å². The molecule has 2 aromatic rings. The molecule has 0 aliphatic carbocycles. The molecule has 2 amide bonds. The summed E-state index contributed by atoms with van der Waals surface area (Å²) in [5.74, 6) is 0.0531. The van der Waals surface area contributed by atoms with E-state index in [1.807, 2.05) is 23.1 Å². The second kappa shape index (κ2) is 9.35. The summed E-state index contributed by atoms with van der Waals surface area (Å²) in [7, 11) is 0. The van der Waals surface area contributed by atoms with Gasteiger partial charge in [0, 0.05) is 44.1 Å². The van der Waals surface area contributed by atoms with Gasteiger partial charge in [-0.05, 0) is 36.2 Å². The molecular weight excluding hydrogens is 423 g/mol. The number of amides is 2. The monoisotopic (exact) mass is 446 g/mol. The highest BCUT2D eigenvalue weighted by Gasteiger charge is 2.27. The third-order valence-electron chi connectivity index (χ3n) is 5.58. The van der Waals surface area contributed by atoms with E-state index in [-0.39, 0.29) is 11.8 Å². The predicted molar refractivity (Wildman–Crippen MR) is 120 cm³/mol. The number of anilines is 2. The standard InChI is InChI=1S/C22H24Cl2N4O2/c23-18-6-5-17(13-19(18)24)25-21(29)14-26-9-11-27(12-10-26)15-22(30)28-8-7-16-3-1-2-4-20(16)28/h1-6,13H,7-12,14-15H2,(H,25,29). The molecule has 2 aliphatic rings. The third-order valence-corrected chi connectivity index (χ3v) is 6.32. The molecule has 4 rings (SSSR count). The first-order valence-electron chi connectivity index (χ1n) is 10.1. The Bertz CT molecular complexity index is 944. The van der Waals surface area contributed by atoms with Crippen LogP contribution in [0.25, 0.3) is 0 Å². The van der Waals surface area contributed by atoms with Crippen LogP contribution in [0.5, 0.6) is 0 Å². The Balaban J connectivity index is 1.22. The Hall–Kier alpha value is -2.12. The van der Waals surface area contributed by atoms with Gasteiger partial charge in [-0.3, -0.25) is 19.4 Å². The number of carbonyl (C=O) groups is 2. The number of benzene rings is 2. The van der Waals surface area contributed by atoms with Gasteiger partial charge in [-0.2, -0.15) is 0 Å². The van der Waals surface area contributed by atoms with Crippen LogP contribution in [0.4, 0.5) is 11.4 Å². The Kier molecular flexibility index (Phi) is 6.58. The first kappa shape index (κ1) is 21.1. The summed E-state index contributed by atoms with van der Waals surface area (Å²) in [6.45, 7) is 4.51. The molecule has 158 valence electrons. The first-order valence-corrected chi connectivity index (χ1v) is 10.8. The molecule has 0 atom stereocenters. The van der Waals surface area contributed by atoms with E-state index in [4.69, 9.17) is 23.2 Å². The van der Waals surface area contributed by atoms with Gasteiger partial charge in [0.25, 0.3) is 0 Å². The fourth-order valence-corrected chi connectivity index (χ4v) is 4.26. The lowest BCUT2D eigenvalue weighted by molar-refractivity contribution is -0.121. The van der Waals surface area contributed by atoms with E-state index in [0.717, 1.165) is 44.8 Å². The van der Waals surface area contributed by atoms with Crippen LogP contribution in [-0.4, -0.2) is 67.4 Å². The van der Waals surface area contributed by atoms with Crippen molar-refractivity contribution in [2.24, 2.45) is 0 Å². The summed E-state index contributed by atoms with van der Waals surface area (Å²) < 4.78 is 0. The summed E-state index contributed by atoms with van der Waals surface area (Å²) >= 11 is 11.9. The van der Waals surface area contributed by atoms with Gasteiger partial charge in [0.2, 0.25) is 11.8 Å². The molecule has 0 bridgehead atoms. The highest BCUT2D eigenvalue weighted by molar-refractivity contribution is 6.42. The van der Waals surface area contributed by atoms with E-state index in [1.54, 1.807) is 18.2 Å². The van der Waals surface area contributed by atoms with E-state index in [0.29, 0.717) is 28.8 Å². The molecule has 1 fully saturated rings. The molecule has 1 saturated heterocycles. The summed E-state index contributed by atoms with van der Waals surface area (Å²) in [5.41, 5.74) is 2.91. The Morgan fingerprint density at radius 2 is 1.57 bits per heavy atom. The largest absolute Gasteiger partial charge is 0.325 e. The molecular formula is C22H24Cl2N4O2. The molecule has 1 N–H and O–H groups in total. The third kappa shape index (κ3) is 4.95. The Labute approximate surface area is 186 Å². The summed E-state index contributed by atoms with van der Waals surface area (Å²) in [4.78, 5) is 31.3.